The third-order valence-electron chi connectivity index (χ3n) is 6.16. The number of halogens is 1. The number of amides is 1. The van der Waals surface area contributed by atoms with Crippen LogP contribution in [0.4, 0.5) is 5.69 Å². The average Bonchev–Trinajstić information content (AvgIpc) is 2.80. The smallest absolute Gasteiger partial charge is 0.263 e. The third kappa shape index (κ3) is 6.02. The van der Waals surface area contributed by atoms with Gasteiger partial charge in [0, 0.05) is 5.56 Å². The molecule has 0 heterocycles. The maximum atomic E-state index is 13.1. The summed E-state index contributed by atoms with van der Waals surface area (Å²) in [6.45, 7) is 11.8. The molecule has 6 nitrogen and oxygen atoms in total. The van der Waals surface area contributed by atoms with Crippen molar-refractivity contribution in [3.05, 3.63) is 86.9 Å². The number of hydrogen-bond donors (Lipinski definition) is 2. The van der Waals surface area contributed by atoms with E-state index in [-0.39, 0.29) is 27.4 Å². The molecule has 8 heteroatoms. The quantitative estimate of drug-likeness (QED) is 0.341. The van der Waals surface area contributed by atoms with Gasteiger partial charge in [0.2, 0.25) is 0 Å². The van der Waals surface area contributed by atoms with E-state index >= 15 is 0 Å². The first kappa shape index (κ1) is 27.6. The number of nitrogens with one attached hydrogen (secondary N) is 2. The number of aryl methyl sites for hydroxylation is 3. The summed E-state index contributed by atoms with van der Waals surface area (Å²) in [5.74, 6) is 0.660. The first-order chi connectivity index (χ1) is 16.8. The molecule has 3 aromatic carbocycles. The molecule has 0 aromatic heterocycles. The first-order valence-corrected chi connectivity index (χ1v) is 13.6. The number of benzene rings is 3. The number of hydrogen-bond acceptors (Lipinski definition) is 4. The molecule has 1 unspecified atom stereocenters. The van der Waals surface area contributed by atoms with Crippen molar-refractivity contribution in [3.8, 4) is 5.75 Å². The molecule has 0 fully saturated rings. The molecule has 1 atom stereocenters. The summed E-state index contributed by atoms with van der Waals surface area (Å²) in [5, 5.41) is 3.01. The van der Waals surface area contributed by atoms with Gasteiger partial charge in [0.1, 0.15) is 10.6 Å². The molecule has 1 amide bonds. The van der Waals surface area contributed by atoms with E-state index in [9.17, 15) is 13.2 Å². The lowest BCUT2D eigenvalue weighted by molar-refractivity contribution is 0.0939. The van der Waals surface area contributed by atoms with Crippen molar-refractivity contribution < 1.29 is 17.9 Å². The molecule has 0 radical (unpaired) electrons. The van der Waals surface area contributed by atoms with Crippen LogP contribution in [0, 0.1) is 20.8 Å². The SMILES string of the molecule is COc1cc(C)c(C(C)NC(=O)c2ccc(Cl)c(S(=O)(=O)Nc3ccc(C)cc3C)c2)cc1C(C)C. The average molecular weight is 529 g/mol. The van der Waals surface area contributed by atoms with Crippen molar-refractivity contribution >= 4 is 33.2 Å². The van der Waals surface area contributed by atoms with Gasteiger partial charge in [-0.15, -0.1) is 0 Å². The van der Waals surface area contributed by atoms with E-state index < -0.39 is 15.9 Å². The van der Waals surface area contributed by atoms with Gasteiger partial charge in [0.05, 0.1) is 23.9 Å². The number of sulfonamides is 1. The fraction of sp³-hybridized carbons (Fsp3) is 0.321. The van der Waals surface area contributed by atoms with Gasteiger partial charge in [-0.05, 0) is 92.3 Å². The Balaban J connectivity index is 1.88. The topological polar surface area (TPSA) is 84.5 Å². The van der Waals surface area contributed by atoms with Crippen molar-refractivity contribution in [3.63, 3.8) is 0 Å². The van der Waals surface area contributed by atoms with Crippen LogP contribution in [0.2, 0.25) is 5.02 Å². The normalized spacial score (nSPS) is 12.4. The zero-order valence-electron chi connectivity index (χ0n) is 21.7. The highest BCUT2D eigenvalue weighted by Gasteiger charge is 2.23. The van der Waals surface area contributed by atoms with Gasteiger partial charge in [-0.3, -0.25) is 9.52 Å². The summed E-state index contributed by atoms with van der Waals surface area (Å²) in [6, 6.07) is 13.4. The van der Waals surface area contributed by atoms with Crippen LogP contribution in [0.1, 0.15) is 70.9 Å². The lowest BCUT2D eigenvalue weighted by Gasteiger charge is -2.21. The molecule has 36 heavy (non-hydrogen) atoms. The second-order valence-electron chi connectivity index (χ2n) is 9.37. The molecule has 0 saturated carbocycles. The Bertz CT molecular complexity index is 1400. The van der Waals surface area contributed by atoms with Gasteiger partial charge in [0.25, 0.3) is 15.9 Å². The van der Waals surface area contributed by atoms with E-state index in [0.717, 1.165) is 33.6 Å². The minimum absolute atomic E-state index is 0.0319. The second kappa shape index (κ2) is 10.9. The Kier molecular flexibility index (Phi) is 8.37. The lowest BCUT2D eigenvalue weighted by Crippen LogP contribution is -2.27. The van der Waals surface area contributed by atoms with Gasteiger partial charge in [-0.25, -0.2) is 8.42 Å². The standard InChI is InChI=1S/C28H33ClN2O4S/c1-16(2)22-15-23(18(4)13-26(22)35-7)20(6)30-28(32)21-9-10-24(29)27(14-21)36(33,34)31-25-11-8-17(3)12-19(25)5/h8-16,20,31H,1-7H3,(H,30,32). The van der Waals surface area contributed by atoms with Crippen LogP contribution in [-0.4, -0.2) is 21.4 Å². The molecule has 3 rings (SSSR count). The number of carbonyl (C=O) groups is 1. The number of ether oxygens (including phenoxy) is 1. The summed E-state index contributed by atoms with van der Waals surface area (Å²) < 4.78 is 34.4. The fourth-order valence-corrected chi connectivity index (χ4v) is 5.80. The highest BCUT2D eigenvalue weighted by molar-refractivity contribution is 7.92. The van der Waals surface area contributed by atoms with E-state index in [1.54, 1.807) is 13.2 Å². The van der Waals surface area contributed by atoms with Crippen molar-refractivity contribution in [2.24, 2.45) is 0 Å². The zero-order valence-corrected chi connectivity index (χ0v) is 23.3. The monoisotopic (exact) mass is 528 g/mol. The van der Waals surface area contributed by atoms with Gasteiger partial charge in [-0.1, -0.05) is 43.1 Å². The van der Waals surface area contributed by atoms with Gasteiger partial charge in [-0.2, -0.15) is 0 Å². The summed E-state index contributed by atoms with van der Waals surface area (Å²) >= 11 is 6.25. The summed E-state index contributed by atoms with van der Waals surface area (Å²) in [5.41, 5.74) is 5.46. The van der Waals surface area contributed by atoms with E-state index in [2.05, 4.69) is 30.0 Å². The van der Waals surface area contributed by atoms with E-state index in [0.29, 0.717) is 5.69 Å². The largest absolute Gasteiger partial charge is 0.496 e. The minimum Gasteiger partial charge on any atom is -0.496 e. The summed E-state index contributed by atoms with van der Waals surface area (Å²) in [7, 11) is -2.38. The number of anilines is 1. The number of rotatable bonds is 8. The maximum Gasteiger partial charge on any atom is 0.263 e. The van der Waals surface area contributed by atoms with Crippen molar-refractivity contribution in [2.45, 2.75) is 58.4 Å². The minimum atomic E-state index is -4.02. The van der Waals surface area contributed by atoms with E-state index in [1.807, 2.05) is 45.9 Å². The van der Waals surface area contributed by atoms with Crippen molar-refractivity contribution in [1.82, 2.24) is 5.32 Å². The van der Waals surface area contributed by atoms with Crippen molar-refractivity contribution in [2.75, 3.05) is 11.8 Å². The molecule has 0 bridgehead atoms. The Hall–Kier alpha value is -3.03. The summed E-state index contributed by atoms with van der Waals surface area (Å²) in [6.07, 6.45) is 0. The van der Waals surface area contributed by atoms with Crippen LogP contribution in [0.3, 0.4) is 0 Å². The highest BCUT2D eigenvalue weighted by Crippen LogP contribution is 2.32. The number of methoxy groups -OCH3 is 1. The Morgan fingerprint density at radius 2 is 1.61 bits per heavy atom. The van der Waals surface area contributed by atoms with E-state index in [1.165, 1.54) is 18.2 Å². The summed E-state index contributed by atoms with van der Waals surface area (Å²) in [4.78, 5) is 13.0. The van der Waals surface area contributed by atoms with Crippen LogP contribution in [0.25, 0.3) is 0 Å². The zero-order chi connectivity index (χ0) is 26.8. The van der Waals surface area contributed by atoms with Crippen LogP contribution in [0.15, 0.2) is 53.4 Å². The van der Waals surface area contributed by atoms with Crippen LogP contribution >= 0.6 is 11.6 Å². The molecule has 0 aliphatic heterocycles. The van der Waals surface area contributed by atoms with Crippen LogP contribution in [-0.2, 0) is 10.0 Å². The van der Waals surface area contributed by atoms with Gasteiger partial charge in [0.15, 0.2) is 0 Å². The number of carbonyl (C=O) groups excluding carboxylic acids is 1. The predicted octanol–water partition coefficient (Wildman–Crippen LogP) is 6.69. The Labute approximate surface area is 219 Å². The molecule has 2 N–H and O–H groups in total. The Morgan fingerprint density at radius 1 is 0.917 bits per heavy atom. The van der Waals surface area contributed by atoms with E-state index in [4.69, 9.17) is 16.3 Å². The maximum absolute atomic E-state index is 13.1. The van der Waals surface area contributed by atoms with Gasteiger partial charge < -0.3 is 10.1 Å². The second-order valence-corrected chi connectivity index (χ2v) is 11.4. The van der Waals surface area contributed by atoms with Crippen molar-refractivity contribution in [1.29, 1.82) is 0 Å². The molecule has 3 aromatic rings. The molecule has 192 valence electrons. The molecule has 0 aliphatic carbocycles. The molecular formula is C28H33ClN2O4S. The molecular weight excluding hydrogens is 496 g/mol. The molecule has 0 saturated heterocycles. The molecule has 0 spiro atoms. The van der Waals surface area contributed by atoms with Gasteiger partial charge >= 0.3 is 0 Å². The lowest BCUT2D eigenvalue weighted by atomic mass is 9.93. The predicted molar refractivity (Wildman–Crippen MR) is 146 cm³/mol. The van der Waals surface area contributed by atoms with Crippen LogP contribution in [0.5, 0.6) is 5.75 Å². The fourth-order valence-electron chi connectivity index (χ4n) is 4.15. The highest BCUT2D eigenvalue weighted by atomic mass is 35.5. The third-order valence-corrected chi connectivity index (χ3v) is 8.01. The molecule has 0 aliphatic rings. The Morgan fingerprint density at radius 3 is 2.22 bits per heavy atom. The first-order valence-electron chi connectivity index (χ1n) is 11.7. The van der Waals surface area contributed by atoms with Crippen LogP contribution < -0.4 is 14.8 Å².